The number of likely N-dealkylation sites (N-methyl/N-ethyl adjacent to an activating group) is 1. The van der Waals surface area contributed by atoms with Gasteiger partial charge in [-0.25, -0.2) is 0 Å². The van der Waals surface area contributed by atoms with Gasteiger partial charge in [0, 0.05) is 24.7 Å². The van der Waals surface area contributed by atoms with Crippen molar-refractivity contribution in [3.63, 3.8) is 0 Å². The summed E-state index contributed by atoms with van der Waals surface area (Å²) in [5.74, 6) is 0. The number of rotatable bonds is 2. The average molecular weight is 184 g/mol. The van der Waals surface area contributed by atoms with Crippen LogP contribution in [-0.2, 0) is 0 Å². The molecule has 2 aliphatic rings. The third kappa shape index (κ3) is 2.03. The molecule has 3 heteroatoms. The summed E-state index contributed by atoms with van der Waals surface area (Å²) in [4.78, 5) is 2.40. The fourth-order valence-corrected chi connectivity index (χ4v) is 2.37. The predicted molar refractivity (Wildman–Crippen MR) is 52.7 cm³/mol. The molecule has 0 aromatic heterocycles. The van der Waals surface area contributed by atoms with Crippen LogP contribution in [0.4, 0.5) is 0 Å². The molecule has 0 radical (unpaired) electrons. The van der Waals surface area contributed by atoms with E-state index in [0.717, 1.165) is 19.4 Å². The van der Waals surface area contributed by atoms with Crippen LogP contribution in [0.2, 0.25) is 0 Å². The van der Waals surface area contributed by atoms with Crippen molar-refractivity contribution < 1.29 is 5.11 Å². The third-order valence-corrected chi connectivity index (χ3v) is 3.47. The summed E-state index contributed by atoms with van der Waals surface area (Å²) in [5.41, 5.74) is 0. The summed E-state index contributed by atoms with van der Waals surface area (Å²) in [5, 5.41) is 12.8. The Labute approximate surface area is 80.1 Å². The van der Waals surface area contributed by atoms with E-state index >= 15 is 0 Å². The van der Waals surface area contributed by atoms with E-state index in [1.54, 1.807) is 0 Å². The lowest BCUT2D eigenvalue weighted by atomic mass is 9.89. The van der Waals surface area contributed by atoms with Crippen molar-refractivity contribution in [2.75, 3.05) is 13.6 Å². The van der Waals surface area contributed by atoms with Gasteiger partial charge in [0.15, 0.2) is 0 Å². The molecule has 0 spiro atoms. The number of aliphatic hydroxyl groups is 1. The van der Waals surface area contributed by atoms with Crippen LogP contribution in [0.15, 0.2) is 0 Å². The molecule has 1 aliphatic carbocycles. The van der Waals surface area contributed by atoms with Gasteiger partial charge in [-0.05, 0) is 33.2 Å². The van der Waals surface area contributed by atoms with Crippen molar-refractivity contribution in [3.8, 4) is 0 Å². The number of nitrogens with one attached hydrogen (secondary N) is 1. The second-order valence-corrected chi connectivity index (χ2v) is 4.71. The van der Waals surface area contributed by atoms with E-state index in [-0.39, 0.29) is 6.10 Å². The van der Waals surface area contributed by atoms with Crippen molar-refractivity contribution in [2.24, 2.45) is 0 Å². The Kier molecular flexibility index (Phi) is 2.58. The van der Waals surface area contributed by atoms with Gasteiger partial charge in [-0.1, -0.05) is 0 Å². The maximum absolute atomic E-state index is 9.15. The van der Waals surface area contributed by atoms with E-state index in [1.165, 1.54) is 6.42 Å². The van der Waals surface area contributed by atoms with Gasteiger partial charge in [0.25, 0.3) is 0 Å². The Morgan fingerprint density at radius 2 is 1.92 bits per heavy atom. The molecule has 2 rings (SSSR count). The molecule has 1 saturated carbocycles. The van der Waals surface area contributed by atoms with Gasteiger partial charge in [-0.3, -0.25) is 0 Å². The van der Waals surface area contributed by atoms with E-state index in [0.29, 0.717) is 18.1 Å². The first-order valence-electron chi connectivity index (χ1n) is 5.29. The molecule has 2 unspecified atom stereocenters. The molecular weight excluding hydrogens is 164 g/mol. The molecule has 0 aromatic carbocycles. The lowest BCUT2D eigenvalue weighted by molar-refractivity contribution is 0.0582. The Morgan fingerprint density at radius 1 is 1.23 bits per heavy atom. The molecular formula is C10H20N2O. The normalized spacial score (nSPS) is 46.4. The molecule has 2 atom stereocenters. The number of hydrogen-bond acceptors (Lipinski definition) is 3. The molecule has 0 aromatic rings. The van der Waals surface area contributed by atoms with Gasteiger partial charge in [0.05, 0.1) is 6.10 Å². The van der Waals surface area contributed by atoms with Crippen molar-refractivity contribution in [3.05, 3.63) is 0 Å². The van der Waals surface area contributed by atoms with E-state index in [9.17, 15) is 0 Å². The molecule has 0 bridgehead atoms. The average Bonchev–Trinajstić information content (AvgIpc) is 2.28. The predicted octanol–water partition coefficient (Wildman–Crippen LogP) is 0.192. The molecule has 1 aliphatic heterocycles. The smallest absolute Gasteiger partial charge is 0.0570 e. The molecule has 1 heterocycles. The van der Waals surface area contributed by atoms with Gasteiger partial charge < -0.3 is 15.3 Å². The summed E-state index contributed by atoms with van der Waals surface area (Å²) < 4.78 is 0. The highest BCUT2D eigenvalue weighted by Gasteiger charge is 2.32. The number of nitrogens with zero attached hydrogens (tertiary/aromatic N) is 1. The second kappa shape index (κ2) is 3.56. The maximum Gasteiger partial charge on any atom is 0.0570 e. The Morgan fingerprint density at radius 3 is 2.38 bits per heavy atom. The zero-order valence-electron chi connectivity index (χ0n) is 8.53. The van der Waals surface area contributed by atoms with Crippen molar-refractivity contribution in [2.45, 2.75) is 50.4 Å². The number of hydrogen-bond donors (Lipinski definition) is 2. The van der Waals surface area contributed by atoms with Crippen LogP contribution in [0.3, 0.4) is 0 Å². The minimum atomic E-state index is -0.0333. The topological polar surface area (TPSA) is 35.5 Å². The maximum atomic E-state index is 9.15. The van der Waals surface area contributed by atoms with Gasteiger partial charge in [0.2, 0.25) is 0 Å². The van der Waals surface area contributed by atoms with Crippen LogP contribution in [0.5, 0.6) is 0 Å². The quantitative estimate of drug-likeness (QED) is 0.643. The zero-order valence-corrected chi connectivity index (χ0v) is 8.53. The highest BCUT2D eigenvalue weighted by Crippen LogP contribution is 2.23. The Balaban J connectivity index is 1.72. The Bertz CT molecular complexity index is 170. The largest absolute Gasteiger partial charge is 0.393 e. The van der Waals surface area contributed by atoms with Crippen LogP contribution in [0.25, 0.3) is 0 Å². The van der Waals surface area contributed by atoms with E-state index < -0.39 is 0 Å². The van der Waals surface area contributed by atoms with Crippen LogP contribution in [0, 0.1) is 0 Å². The van der Waals surface area contributed by atoms with Crippen molar-refractivity contribution in [1.82, 2.24) is 10.2 Å². The SMILES string of the molecule is CC1CC(NC2CC(O)C2)CN1C. The van der Waals surface area contributed by atoms with Gasteiger partial charge in [0.1, 0.15) is 0 Å². The summed E-state index contributed by atoms with van der Waals surface area (Å²) >= 11 is 0. The fourth-order valence-electron chi connectivity index (χ4n) is 2.37. The standard InChI is InChI=1S/C10H20N2O/c1-7-3-9(6-12(7)2)11-8-4-10(13)5-8/h7-11,13H,3-6H2,1-2H3. The molecule has 3 nitrogen and oxygen atoms in total. The third-order valence-electron chi connectivity index (χ3n) is 3.47. The first-order valence-corrected chi connectivity index (χ1v) is 5.29. The van der Waals surface area contributed by atoms with Crippen LogP contribution in [-0.4, -0.2) is 47.8 Å². The fraction of sp³-hybridized carbons (Fsp3) is 1.00. The monoisotopic (exact) mass is 184 g/mol. The minimum Gasteiger partial charge on any atom is -0.393 e. The second-order valence-electron chi connectivity index (χ2n) is 4.71. The molecule has 13 heavy (non-hydrogen) atoms. The summed E-state index contributed by atoms with van der Waals surface area (Å²) in [6.45, 7) is 3.44. The Hall–Kier alpha value is -0.120. The van der Waals surface area contributed by atoms with Crippen LogP contribution in [0.1, 0.15) is 26.2 Å². The number of aliphatic hydroxyl groups excluding tert-OH is 1. The summed E-state index contributed by atoms with van der Waals surface area (Å²) in [6, 6.07) is 1.94. The van der Waals surface area contributed by atoms with E-state index in [4.69, 9.17) is 5.11 Å². The van der Waals surface area contributed by atoms with E-state index in [2.05, 4.69) is 24.2 Å². The lowest BCUT2D eigenvalue weighted by Gasteiger charge is -2.34. The van der Waals surface area contributed by atoms with Crippen molar-refractivity contribution in [1.29, 1.82) is 0 Å². The van der Waals surface area contributed by atoms with Gasteiger partial charge >= 0.3 is 0 Å². The molecule has 1 saturated heterocycles. The molecule has 2 fully saturated rings. The van der Waals surface area contributed by atoms with Crippen LogP contribution < -0.4 is 5.32 Å². The van der Waals surface area contributed by atoms with Crippen LogP contribution >= 0.6 is 0 Å². The molecule has 2 N–H and O–H groups in total. The van der Waals surface area contributed by atoms with E-state index in [1.807, 2.05) is 0 Å². The first kappa shape index (κ1) is 9.44. The summed E-state index contributed by atoms with van der Waals surface area (Å²) in [6.07, 6.45) is 3.13. The zero-order chi connectivity index (χ0) is 9.42. The van der Waals surface area contributed by atoms with Crippen molar-refractivity contribution >= 4 is 0 Å². The minimum absolute atomic E-state index is 0.0333. The van der Waals surface area contributed by atoms with Gasteiger partial charge in [-0.2, -0.15) is 0 Å². The molecule has 0 amide bonds. The highest BCUT2D eigenvalue weighted by molar-refractivity contribution is 4.92. The lowest BCUT2D eigenvalue weighted by Crippen LogP contribution is -2.49. The first-order chi connectivity index (χ1) is 6.15. The van der Waals surface area contributed by atoms with Gasteiger partial charge in [-0.15, -0.1) is 0 Å². The summed E-state index contributed by atoms with van der Waals surface area (Å²) in [7, 11) is 2.18. The highest BCUT2D eigenvalue weighted by atomic mass is 16.3. The molecule has 76 valence electrons. The number of likely N-dealkylation sites (tertiary alicyclic amines) is 1.